The highest BCUT2D eigenvalue weighted by molar-refractivity contribution is 7.98. The molecule has 8 heteroatoms. The second-order valence-corrected chi connectivity index (χ2v) is 13.3. The van der Waals surface area contributed by atoms with E-state index in [1.165, 1.54) is 5.56 Å². The monoisotopic (exact) mass is 557 g/mol. The molecule has 1 spiro atoms. The quantitative estimate of drug-likeness (QED) is 0.224. The Balaban J connectivity index is 0.973. The third-order valence-corrected chi connectivity index (χ3v) is 9.78. The number of hydrogen-bond acceptors (Lipinski definition) is 7. The van der Waals surface area contributed by atoms with Crippen LogP contribution >= 0.6 is 23.1 Å². The molecule has 0 bridgehead atoms. The van der Waals surface area contributed by atoms with Gasteiger partial charge in [-0.05, 0) is 55.2 Å². The van der Waals surface area contributed by atoms with Crippen molar-refractivity contribution < 1.29 is 4.79 Å². The van der Waals surface area contributed by atoms with E-state index < -0.39 is 0 Å². The number of likely N-dealkylation sites (tertiary alicyclic amines) is 2. The van der Waals surface area contributed by atoms with Gasteiger partial charge in [0.15, 0.2) is 0 Å². The number of rotatable bonds is 10. The molecule has 0 aliphatic carbocycles. The van der Waals surface area contributed by atoms with E-state index in [4.69, 9.17) is 4.98 Å². The molecule has 4 heterocycles. The molecule has 6 rings (SSSR count). The van der Waals surface area contributed by atoms with Gasteiger partial charge in [0.1, 0.15) is 5.82 Å². The Morgan fingerprint density at radius 3 is 2.51 bits per heavy atom. The lowest BCUT2D eigenvalue weighted by Gasteiger charge is -2.60. The zero-order valence-corrected chi connectivity index (χ0v) is 24.3. The van der Waals surface area contributed by atoms with E-state index in [0.29, 0.717) is 11.3 Å². The third kappa shape index (κ3) is 6.03. The minimum atomic E-state index is 0.153. The molecule has 1 amide bonds. The summed E-state index contributed by atoms with van der Waals surface area (Å²) >= 11 is 3.39. The van der Waals surface area contributed by atoms with Gasteiger partial charge in [-0.15, -0.1) is 23.1 Å². The number of carbonyl (C=O) groups excluding carboxylic acids is 1. The van der Waals surface area contributed by atoms with Crippen molar-refractivity contribution in [2.45, 2.75) is 44.0 Å². The van der Waals surface area contributed by atoms with Gasteiger partial charge in [-0.3, -0.25) is 9.69 Å². The Morgan fingerprint density at radius 2 is 1.77 bits per heavy atom. The number of fused-ring (bicyclic) bond motifs is 1. The van der Waals surface area contributed by atoms with E-state index in [9.17, 15) is 4.79 Å². The van der Waals surface area contributed by atoms with Gasteiger partial charge in [0.25, 0.3) is 5.91 Å². The summed E-state index contributed by atoms with van der Waals surface area (Å²) in [5, 5.41) is 1.15. The number of aromatic nitrogens is 3. The molecule has 2 aromatic heterocycles. The SMILES string of the molecule is CSc1cnc(CC[C@H](C)CCc2nc3ccc(C(=O)N4CC5(CN(Cc6ccccc6)C5)C4)cc3s2)nc1. The zero-order valence-electron chi connectivity index (χ0n) is 22.7. The number of carbonyl (C=O) groups is 1. The van der Waals surface area contributed by atoms with Crippen molar-refractivity contribution in [2.24, 2.45) is 11.3 Å². The summed E-state index contributed by atoms with van der Waals surface area (Å²) in [7, 11) is 0. The van der Waals surface area contributed by atoms with Crippen LogP contribution in [0, 0.1) is 11.3 Å². The predicted octanol–water partition coefficient (Wildman–Crippen LogP) is 5.97. The molecule has 2 fully saturated rings. The van der Waals surface area contributed by atoms with Gasteiger partial charge >= 0.3 is 0 Å². The van der Waals surface area contributed by atoms with E-state index in [1.54, 1.807) is 23.1 Å². The maximum absolute atomic E-state index is 13.2. The van der Waals surface area contributed by atoms with Gasteiger partial charge in [0, 0.05) is 67.4 Å². The highest BCUT2D eigenvalue weighted by Gasteiger charge is 2.52. The Kier molecular flexibility index (Phi) is 7.69. The lowest BCUT2D eigenvalue weighted by Crippen LogP contribution is -2.72. The van der Waals surface area contributed by atoms with Gasteiger partial charge in [-0.2, -0.15) is 0 Å². The fourth-order valence-corrected chi connectivity index (χ4v) is 7.16. The summed E-state index contributed by atoms with van der Waals surface area (Å²) in [4.78, 5) is 32.6. The minimum absolute atomic E-state index is 0.153. The van der Waals surface area contributed by atoms with Crippen molar-refractivity contribution in [2.75, 3.05) is 32.4 Å². The fraction of sp³-hybridized carbons (Fsp3) is 0.419. The van der Waals surface area contributed by atoms with Crippen molar-refractivity contribution in [3.8, 4) is 0 Å². The molecule has 202 valence electrons. The van der Waals surface area contributed by atoms with Gasteiger partial charge in [-0.1, -0.05) is 37.3 Å². The number of nitrogens with zero attached hydrogens (tertiary/aromatic N) is 5. The maximum atomic E-state index is 13.2. The molecule has 39 heavy (non-hydrogen) atoms. The van der Waals surface area contributed by atoms with Crippen molar-refractivity contribution in [1.29, 1.82) is 0 Å². The summed E-state index contributed by atoms with van der Waals surface area (Å²) in [6.45, 7) is 7.20. The van der Waals surface area contributed by atoms with Crippen LogP contribution in [0.2, 0.25) is 0 Å². The number of aryl methyl sites for hydroxylation is 2. The number of amides is 1. The van der Waals surface area contributed by atoms with E-state index in [2.05, 4.69) is 52.1 Å². The van der Waals surface area contributed by atoms with Crippen molar-refractivity contribution >= 4 is 39.2 Å². The van der Waals surface area contributed by atoms with Crippen molar-refractivity contribution in [3.63, 3.8) is 0 Å². The molecular weight excluding hydrogens is 523 g/mol. The highest BCUT2D eigenvalue weighted by Crippen LogP contribution is 2.41. The average Bonchev–Trinajstić information content (AvgIpc) is 3.34. The first-order chi connectivity index (χ1) is 19.0. The maximum Gasteiger partial charge on any atom is 0.253 e. The van der Waals surface area contributed by atoms with Crippen LogP contribution in [0.5, 0.6) is 0 Å². The minimum Gasteiger partial charge on any atom is -0.337 e. The van der Waals surface area contributed by atoms with Crippen LogP contribution in [0.4, 0.5) is 0 Å². The summed E-state index contributed by atoms with van der Waals surface area (Å²) in [6, 6.07) is 16.6. The Hall–Kier alpha value is -2.81. The first-order valence-electron chi connectivity index (χ1n) is 13.8. The first-order valence-corrected chi connectivity index (χ1v) is 15.8. The topological polar surface area (TPSA) is 62.2 Å². The molecule has 0 N–H and O–H groups in total. The fourth-order valence-electron chi connectivity index (χ4n) is 5.82. The average molecular weight is 558 g/mol. The Bertz CT molecular complexity index is 1420. The summed E-state index contributed by atoms with van der Waals surface area (Å²) in [5.74, 6) is 1.65. The molecule has 2 aliphatic rings. The standard InChI is InChI=1S/C31H35N5OS2/c1-22(8-12-28-32-15-25(38-2)16-33-28)9-13-29-34-26-11-10-24(14-27(26)39-29)30(37)36-20-31(21-36)18-35(19-31)17-23-6-4-3-5-7-23/h3-7,10-11,14-16,22H,8-9,12-13,17-21H2,1-2H3/t22-/m0/s1. The van der Waals surface area contributed by atoms with Crippen molar-refractivity contribution in [1.82, 2.24) is 24.8 Å². The van der Waals surface area contributed by atoms with Crippen LogP contribution in [0.3, 0.4) is 0 Å². The second kappa shape index (κ2) is 11.4. The van der Waals surface area contributed by atoms with E-state index in [1.807, 2.05) is 41.7 Å². The number of benzene rings is 2. The van der Waals surface area contributed by atoms with Crippen LogP contribution in [-0.4, -0.2) is 63.1 Å². The van der Waals surface area contributed by atoms with Gasteiger partial charge in [0.05, 0.1) is 15.2 Å². The van der Waals surface area contributed by atoms with E-state index in [-0.39, 0.29) is 5.91 Å². The van der Waals surface area contributed by atoms with E-state index >= 15 is 0 Å². The van der Waals surface area contributed by atoms with E-state index in [0.717, 1.165) is 89.9 Å². The molecule has 0 saturated carbocycles. The molecule has 2 saturated heterocycles. The molecule has 2 aliphatic heterocycles. The second-order valence-electron chi connectivity index (χ2n) is 11.3. The van der Waals surface area contributed by atoms with Gasteiger partial charge in [-0.25, -0.2) is 15.0 Å². The summed E-state index contributed by atoms with van der Waals surface area (Å²) in [5.41, 5.74) is 3.44. The molecular formula is C31H35N5OS2. The lowest BCUT2D eigenvalue weighted by atomic mass is 9.72. The third-order valence-electron chi connectivity index (χ3n) is 8.02. The van der Waals surface area contributed by atoms with Crippen molar-refractivity contribution in [3.05, 3.63) is 82.9 Å². The molecule has 1 atom stereocenters. The zero-order chi connectivity index (χ0) is 26.8. The summed E-state index contributed by atoms with van der Waals surface area (Å²) < 4.78 is 1.11. The number of thioether (sulfide) groups is 1. The highest BCUT2D eigenvalue weighted by atomic mass is 32.2. The van der Waals surface area contributed by atoms with Crippen LogP contribution in [0.1, 0.15) is 46.5 Å². The Morgan fingerprint density at radius 1 is 1.03 bits per heavy atom. The largest absolute Gasteiger partial charge is 0.337 e. The van der Waals surface area contributed by atoms with Crippen LogP contribution in [0.25, 0.3) is 10.2 Å². The molecule has 0 radical (unpaired) electrons. The predicted molar refractivity (Wildman–Crippen MR) is 159 cm³/mol. The number of hydrogen-bond donors (Lipinski definition) is 0. The van der Waals surface area contributed by atoms with Crippen LogP contribution < -0.4 is 0 Å². The normalized spacial score (nSPS) is 17.2. The van der Waals surface area contributed by atoms with Crippen LogP contribution in [-0.2, 0) is 19.4 Å². The molecule has 2 aromatic carbocycles. The summed E-state index contributed by atoms with van der Waals surface area (Å²) in [6.07, 6.45) is 9.89. The Labute approximate surface area is 238 Å². The molecule has 4 aromatic rings. The molecule has 0 unspecified atom stereocenters. The van der Waals surface area contributed by atoms with Gasteiger partial charge < -0.3 is 4.90 Å². The smallest absolute Gasteiger partial charge is 0.253 e. The van der Waals surface area contributed by atoms with Crippen LogP contribution in [0.15, 0.2) is 65.8 Å². The lowest BCUT2D eigenvalue weighted by molar-refractivity contribution is -0.102. The molecule has 6 nitrogen and oxygen atoms in total. The first kappa shape index (κ1) is 26.4. The number of thiazole rings is 1. The van der Waals surface area contributed by atoms with Gasteiger partial charge in [0.2, 0.25) is 0 Å².